The van der Waals surface area contributed by atoms with Gasteiger partial charge in [-0.1, -0.05) is 7.43 Å². The van der Waals surface area contributed by atoms with Gasteiger partial charge in [0, 0.05) is 18.2 Å². The topological polar surface area (TPSA) is 47.6 Å². The zero-order chi connectivity index (χ0) is 11.3. The second-order valence-corrected chi connectivity index (χ2v) is 2.96. The third-order valence-corrected chi connectivity index (χ3v) is 1.95. The number of hydrogen-bond donors (Lipinski definition) is 1. The predicted octanol–water partition coefficient (Wildman–Crippen LogP) is 2.09. The van der Waals surface area contributed by atoms with Gasteiger partial charge in [-0.3, -0.25) is 4.79 Å². The Labute approximate surface area is 96.6 Å². The van der Waals surface area contributed by atoms with Crippen LogP contribution in [0.2, 0.25) is 0 Å². The molecule has 0 radical (unpaired) electrons. The summed E-state index contributed by atoms with van der Waals surface area (Å²) in [6, 6.07) is 5.07. The highest BCUT2D eigenvalue weighted by molar-refractivity contribution is 5.95. The molecule has 1 rings (SSSR count). The zero-order valence-electron chi connectivity index (χ0n) is 9.16. The van der Waals surface area contributed by atoms with Crippen LogP contribution in [0.25, 0.3) is 0 Å². The molecule has 0 atom stereocenters. The van der Waals surface area contributed by atoms with Crippen molar-refractivity contribution in [3.63, 3.8) is 0 Å². The van der Waals surface area contributed by atoms with Crippen molar-refractivity contribution in [2.24, 2.45) is 0 Å². The van der Waals surface area contributed by atoms with Crippen molar-refractivity contribution < 1.29 is 14.3 Å². The maximum Gasteiger partial charge on any atom is 0.251 e. The van der Waals surface area contributed by atoms with Crippen LogP contribution in [-0.2, 0) is 0 Å². The van der Waals surface area contributed by atoms with Crippen molar-refractivity contribution in [1.29, 1.82) is 0 Å². The lowest BCUT2D eigenvalue weighted by atomic mass is 10.2. The SMILES string of the molecule is C.CCNC(=O)c1cc(OC)cc(OC)c1. The maximum absolute atomic E-state index is 11.6. The molecular weight excluding hydrogens is 206 g/mol. The van der Waals surface area contributed by atoms with Gasteiger partial charge in [-0.15, -0.1) is 0 Å². The number of hydrogen-bond acceptors (Lipinski definition) is 3. The number of carbonyl (C=O) groups excluding carboxylic acids is 1. The number of carbonyl (C=O) groups is 1. The first-order chi connectivity index (χ1) is 7.21. The van der Waals surface area contributed by atoms with E-state index < -0.39 is 0 Å². The lowest BCUT2D eigenvalue weighted by Crippen LogP contribution is -2.22. The number of rotatable bonds is 4. The van der Waals surface area contributed by atoms with Gasteiger partial charge in [0.2, 0.25) is 0 Å². The summed E-state index contributed by atoms with van der Waals surface area (Å²) >= 11 is 0. The van der Waals surface area contributed by atoms with Crippen molar-refractivity contribution in [1.82, 2.24) is 5.32 Å². The van der Waals surface area contributed by atoms with E-state index in [0.717, 1.165) is 0 Å². The van der Waals surface area contributed by atoms with E-state index >= 15 is 0 Å². The Morgan fingerprint density at radius 2 is 1.69 bits per heavy atom. The Bertz CT molecular complexity index is 328. The van der Waals surface area contributed by atoms with E-state index in [1.165, 1.54) is 0 Å². The number of ether oxygens (including phenoxy) is 2. The Hall–Kier alpha value is -1.71. The highest BCUT2D eigenvalue weighted by Crippen LogP contribution is 2.22. The molecule has 0 heterocycles. The molecule has 16 heavy (non-hydrogen) atoms. The summed E-state index contributed by atoms with van der Waals surface area (Å²) in [6.07, 6.45) is 0. The van der Waals surface area contributed by atoms with Crippen molar-refractivity contribution in [3.8, 4) is 11.5 Å². The second kappa shape index (κ2) is 6.71. The molecule has 0 bridgehead atoms. The summed E-state index contributed by atoms with van der Waals surface area (Å²) in [7, 11) is 3.10. The highest BCUT2D eigenvalue weighted by Gasteiger charge is 2.08. The average molecular weight is 225 g/mol. The first kappa shape index (κ1) is 14.3. The zero-order valence-corrected chi connectivity index (χ0v) is 9.16. The fourth-order valence-electron chi connectivity index (χ4n) is 1.20. The first-order valence-electron chi connectivity index (χ1n) is 4.72. The summed E-state index contributed by atoms with van der Waals surface area (Å²) in [5.41, 5.74) is 0.535. The summed E-state index contributed by atoms with van der Waals surface area (Å²) in [5, 5.41) is 2.71. The van der Waals surface area contributed by atoms with Gasteiger partial charge in [0.05, 0.1) is 14.2 Å². The Kier molecular flexibility index (Phi) is 6.00. The molecule has 1 amide bonds. The van der Waals surface area contributed by atoms with Crippen LogP contribution in [0.1, 0.15) is 24.7 Å². The molecule has 0 spiro atoms. The third kappa shape index (κ3) is 3.46. The minimum absolute atomic E-state index is 0. The molecule has 1 aromatic rings. The Balaban J connectivity index is 0.00000225. The van der Waals surface area contributed by atoms with Crippen molar-refractivity contribution >= 4 is 5.91 Å². The second-order valence-electron chi connectivity index (χ2n) is 2.96. The molecule has 90 valence electrons. The molecule has 0 fully saturated rings. The minimum Gasteiger partial charge on any atom is -0.497 e. The maximum atomic E-state index is 11.6. The smallest absolute Gasteiger partial charge is 0.251 e. The molecule has 4 heteroatoms. The van der Waals surface area contributed by atoms with Gasteiger partial charge >= 0.3 is 0 Å². The van der Waals surface area contributed by atoms with E-state index in [1.54, 1.807) is 32.4 Å². The highest BCUT2D eigenvalue weighted by atomic mass is 16.5. The summed E-state index contributed by atoms with van der Waals surface area (Å²) in [4.78, 5) is 11.6. The van der Waals surface area contributed by atoms with E-state index in [0.29, 0.717) is 23.6 Å². The van der Waals surface area contributed by atoms with Gasteiger partial charge in [-0.25, -0.2) is 0 Å². The predicted molar refractivity (Wildman–Crippen MR) is 64.3 cm³/mol. The van der Waals surface area contributed by atoms with Gasteiger partial charge in [0.25, 0.3) is 5.91 Å². The standard InChI is InChI=1S/C11H15NO3.CH4/c1-4-12-11(13)8-5-9(14-2)7-10(6-8)15-3;/h5-7H,4H2,1-3H3,(H,12,13);1H4. The van der Waals surface area contributed by atoms with E-state index in [2.05, 4.69) is 5.32 Å². The van der Waals surface area contributed by atoms with Crippen LogP contribution in [0.15, 0.2) is 18.2 Å². The van der Waals surface area contributed by atoms with E-state index in [4.69, 9.17) is 9.47 Å². The average Bonchev–Trinajstić information content (AvgIpc) is 2.28. The fourth-order valence-corrected chi connectivity index (χ4v) is 1.20. The molecule has 1 aromatic carbocycles. The van der Waals surface area contributed by atoms with Crippen molar-refractivity contribution in [2.45, 2.75) is 14.4 Å². The molecule has 0 aliphatic carbocycles. The molecule has 0 unspecified atom stereocenters. The summed E-state index contributed by atoms with van der Waals surface area (Å²) in [5.74, 6) is 1.08. The van der Waals surface area contributed by atoms with Crippen LogP contribution in [0.5, 0.6) is 11.5 Å². The normalized spacial score (nSPS) is 8.94. The van der Waals surface area contributed by atoms with E-state index in [1.807, 2.05) is 6.92 Å². The van der Waals surface area contributed by atoms with Crippen LogP contribution in [0, 0.1) is 0 Å². The Morgan fingerprint density at radius 3 is 2.06 bits per heavy atom. The van der Waals surface area contributed by atoms with Crippen LogP contribution < -0.4 is 14.8 Å². The van der Waals surface area contributed by atoms with Gasteiger partial charge < -0.3 is 14.8 Å². The lowest BCUT2D eigenvalue weighted by Gasteiger charge is -2.08. The number of nitrogens with one attached hydrogen (secondary N) is 1. The van der Waals surface area contributed by atoms with Gasteiger partial charge in [0.1, 0.15) is 11.5 Å². The van der Waals surface area contributed by atoms with Gasteiger partial charge in [-0.05, 0) is 19.1 Å². The monoisotopic (exact) mass is 225 g/mol. The number of amides is 1. The molecule has 0 saturated heterocycles. The van der Waals surface area contributed by atoms with E-state index in [-0.39, 0.29) is 13.3 Å². The largest absolute Gasteiger partial charge is 0.497 e. The van der Waals surface area contributed by atoms with E-state index in [9.17, 15) is 4.79 Å². The lowest BCUT2D eigenvalue weighted by molar-refractivity contribution is 0.0955. The van der Waals surface area contributed by atoms with Crippen LogP contribution >= 0.6 is 0 Å². The fraction of sp³-hybridized carbons (Fsp3) is 0.417. The molecule has 0 aliphatic rings. The quantitative estimate of drug-likeness (QED) is 0.853. The van der Waals surface area contributed by atoms with Gasteiger partial charge in [-0.2, -0.15) is 0 Å². The summed E-state index contributed by atoms with van der Waals surface area (Å²) < 4.78 is 10.1. The van der Waals surface area contributed by atoms with Gasteiger partial charge in [0.15, 0.2) is 0 Å². The first-order valence-corrected chi connectivity index (χ1v) is 4.72. The third-order valence-electron chi connectivity index (χ3n) is 1.95. The molecule has 1 N–H and O–H groups in total. The van der Waals surface area contributed by atoms with Crippen LogP contribution in [0.4, 0.5) is 0 Å². The summed E-state index contributed by atoms with van der Waals surface area (Å²) in [6.45, 7) is 2.47. The molecule has 0 aromatic heterocycles. The molecule has 0 saturated carbocycles. The Morgan fingerprint density at radius 1 is 1.19 bits per heavy atom. The molecular formula is C12H19NO3. The molecule has 0 aliphatic heterocycles. The van der Waals surface area contributed by atoms with Crippen molar-refractivity contribution in [3.05, 3.63) is 23.8 Å². The van der Waals surface area contributed by atoms with Crippen molar-refractivity contribution in [2.75, 3.05) is 20.8 Å². The molecule has 4 nitrogen and oxygen atoms in total. The van der Waals surface area contributed by atoms with Crippen LogP contribution in [0.3, 0.4) is 0 Å². The number of benzene rings is 1. The van der Waals surface area contributed by atoms with Crippen LogP contribution in [-0.4, -0.2) is 26.7 Å². The number of methoxy groups -OCH3 is 2. The minimum atomic E-state index is -0.130.